The minimum Gasteiger partial charge on any atom is -0.507 e. The molecule has 0 spiro atoms. The first-order chi connectivity index (χ1) is 13.6. The van der Waals surface area contributed by atoms with E-state index in [0.29, 0.717) is 0 Å². The van der Waals surface area contributed by atoms with Crippen molar-refractivity contribution in [3.63, 3.8) is 0 Å². The maximum Gasteiger partial charge on any atom is 0.339 e. The third-order valence-electron chi connectivity index (χ3n) is 4.76. The zero-order valence-corrected chi connectivity index (χ0v) is 16.0. The number of aromatic hydroxyl groups is 1. The van der Waals surface area contributed by atoms with E-state index in [1.165, 1.54) is 36.2 Å². The lowest BCUT2D eigenvalue weighted by atomic mass is 10.0. The van der Waals surface area contributed by atoms with Gasteiger partial charge in [-0.3, -0.25) is 0 Å². The molecule has 1 aliphatic rings. The van der Waals surface area contributed by atoms with Crippen molar-refractivity contribution in [2.24, 2.45) is 0 Å². The fraction of sp³-hybridized carbons (Fsp3) is 0.208. The van der Waals surface area contributed by atoms with Gasteiger partial charge in [-0.05, 0) is 47.9 Å². The number of phenols is 1. The first-order valence-corrected chi connectivity index (χ1v) is 9.59. The first-order valence-electron chi connectivity index (χ1n) is 9.59. The Bertz CT molecular complexity index is 941. The molecule has 0 aliphatic carbocycles. The minimum atomic E-state index is -1.14. The third kappa shape index (κ3) is 4.52. The number of anilines is 1. The van der Waals surface area contributed by atoms with Crippen LogP contribution in [-0.4, -0.2) is 22.7 Å². The Balaban J connectivity index is 1.84. The second-order valence-corrected chi connectivity index (χ2v) is 6.78. The van der Waals surface area contributed by atoms with Crippen LogP contribution >= 0.6 is 0 Å². The molecule has 0 amide bonds. The molecule has 0 saturated carbocycles. The second kappa shape index (κ2) is 9.09. The van der Waals surface area contributed by atoms with Crippen molar-refractivity contribution < 1.29 is 15.0 Å². The smallest absolute Gasteiger partial charge is 0.339 e. The number of carboxylic acid groups (broad SMARTS) is 1. The summed E-state index contributed by atoms with van der Waals surface area (Å²) >= 11 is 0. The van der Waals surface area contributed by atoms with Crippen molar-refractivity contribution in [1.29, 1.82) is 0 Å². The molecular weight excluding hydrogens is 350 g/mol. The molecule has 2 aromatic carbocycles. The number of rotatable bonds is 7. The summed E-state index contributed by atoms with van der Waals surface area (Å²) in [6.07, 6.45) is 13.5. The summed E-state index contributed by atoms with van der Waals surface area (Å²) in [6, 6.07) is 12.9. The molecule has 2 aromatic rings. The van der Waals surface area contributed by atoms with Crippen LogP contribution in [0.15, 0.2) is 66.4 Å². The molecular formula is C24H25NO3. The fourth-order valence-corrected chi connectivity index (χ4v) is 3.28. The van der Waals surface area contributed by atoms with Crippen LogP contribution in [0.3, 0.4) is 0 Å². The third-order valence-corrected chi connectivity index (χ3v) is 4.76. The number of carboxylic acids is 1. The number of allylic oxidation sites excluding steroid dienone is 3. The van der Waals surface area contributed by atoms with Gasteiger partial charge >= 0.3 is 5.97 Å². The lowest BCUT2D eigenvalue weighted by Gasteiger charge is -2.30. The molecule has 0 bridgehead atoms. The van der Waals surface area contributed by atoms with Gasteiger partial charge in [-0.2, -0.15) is 0 Å². The van der Waals surface area contributed by atoms with Crippen molar-refractivity contribution in [3.05, 3.63) is 83.1 Å². The molecule has 4 nitrogen and oxygen atoms in total. The van der Waals surface area contributed by atoms with Crippen LogP contribution in [0, 0.1) is 0 Å². The highest BCUT2D eigenvalue weighted by Crippen LogP contribution is 2.31. The summed E-state index contributed by atoms with van der Waals surface area (Å²) in [6.45, 7) is 3.16. The minimum absolute atomic E-state index is 0.0949. The largest absolute Gasteiger partial charge is 0.507 e. The predicted molar refractivity (Wildman–Crippen MR) is 115 cm³/mol. The standard InChI is InChI=1S/C24H25NO3/c1-2-3-6-16-25-20(14-13-19-9-4-5-11-22(19)25)10-7-8-18-12-15-23(26)21(17-18)24(27)28/h4-5,7-15,17,26H,2-3,6,16H2,1H3,(H,27,28)/b8-7+,20-10+. The Morgan fingerprint density at radius 2 is 1.93 bits per heavy atom. The average molecular weight is 375 g/mol. The molecule has 1 aliphatic heterocycles. The number of aromatic carboxylic acids is 1. The predicted octanol–water partition coefficient (Wildman–Crippen LogP) is 5.71. The molecule has 0 unspecified atom stereocenters. The van der Waals surface area contributed by atoms with Crippen molar-refractivity contribution in [2.45, 2.75) is 26.2 Å². The van der Waals surface area contributed by atoms with Gasteiger partial charge < -0.3 is 15.1 Å². The van der Waals surface area contributed by atoms with Gasteiger partial charge in [0.05, 0.1) is 0 Å². The number of hydrogen-bond donors (Lipinski definition) is 2. The Morgan fingerprint density at radius 3 is 2.71 bits per heavy atom. The van der Waals surface area contributed by atoms with Gasteiger partial charge in [0.1, 0.15) is 11.3 Å². The second-order valence-electron chi connectivity index (χ2n) is 6.78. The van der Waals surface area contributed by atoms with Crippen molar-refractivity contribution in [2.75, 3.05) is 11.4 Å². The summed E-state index contributed by atoms with van der Waals surface area (Å²) in [4.78, 5) is 13.5. The molecule has 0 saturated heterocycles. The maximum atomic E-state index is 11.2. The number of fused-ring (bicyclic) bond motifs is 1. The molecule has 0 aromatic heterocycles. The van der Waals surface area contributed by atoms with Crippen molar-refractivity contribution in [1.82, 2.24) is 0 Å². The maximum absolute atomic E-state index is 11.2. The van der Waals surface area contributed by atoms with E-state index < -0.39 is 5.97 Å². The highest BCUT2D eigenvalue weighted by molar-refractivity contribution is 5.91. The Hall–Kier alpha value is -3.27. The Labute approximate surface area is 165 Å². The topological polar surface area (TPSA) is 60.8 Å². The van der Waals surface area contributed by atoms with E-state index in [9.17, 15) is 9.90 Å². The quantitative estimate of drug-likeness (QED) is 0.608. The van der Waals surface area contributed by atoms with E-state index >= 15 is 0 Å². The molecule has 3 rings (SSSR count). The van der Waals surface area contributed by atoms with Gasteiger partial charge in [-0.25, -0.2) is 4.79 Å². The fourth-order valence-electron chi connectivity index (χ4n) is 3.28. The number of para-hydroxylation sites is 1. The average Bonchev–Trinajstić information content (AvgIpc) is 2.70. The van der Waals surface area contributed by atoms with Crippen molar-refractivity contribution in [3.8, 4) is 5.75 Å². The SMILES string of the molecule is CCCCCN1/C(=C/C=C/c2ccc(O)c(C(=O)O)c2)C=Cc2ccccc21. The summed E-state index contributed by atoms with van der Waals surface area (Å²) in [5.41, 5.74) is 4.15. The summed E-state index contributed by atoms with van der Waals surface area (Å²) < 4.78 is 0. The zero-order chi connectivity index (χ0) is 19.9. The van der Waals surface area contributed by atoms with E-state index in [1.54, 1.807) is 6.07 Å². The lowest BCUT2D eigenvalue weighted by molar-refractivity contribution is 0.0693. The molecule has 0 atom stereocenters. The van der Waals surface area contributed by atoms with Gasteiger partial charge in [-0.1, -0.05) is 62.3 Å². The van der Waals surface area contributed by atoms with Crippen LogP contribution in [0.5, 0.6) is 5.75 Å². The van der Waals surface area contributed by atoms with Crippen LogP contribution in [0.1, 0.15) is 47.7 Å². The molecule has 1 heterocycles. The van der Waals surface area contributed by atoms with E-state index in [4.69, 9.17) is 5.11 Å². The number of hydrogen-bond acceptors (Lipinski definition) is 3. The molecule has 144 valence electrons. The Kier molecular flexibility index (Phi) is 6.33. The molecule has 4 heteroatoms. The highest BCUT2D eigenvalue weighted by Gasteiger charge is 2.16. The van der Waals surface area contributed by atoms with Gasteiger partial charge in [0.15, 0.2) is 0 Å². The van der Waals surface area contributed by atoms with Gasteiger partial charge in [0.2, 0.25) is 0 Å². The van der Waals surface area contributed by atoms with Gasteiger partial charge in [-0.15, -0.1) is 0 Å². The van der Waals surface area contributed by atoms with Gasteiger partial charge in [0.25, 0.3) is 0 Å². The van der Waals surface area contributed by atoms with Crippen LogP contribution in [0.2, 0.25) is 0 Å². The van der Waals surface area contributed by atoms with Crippen LogP contribution in [-0.2, 0) is 0 Å². The molecule has 28 heavy (non-hydrogen) atoms. The number of carbonyl (C=O) groups is 1. The lowest BCUT2D eigenvalue weighted by Crippen LogP contribution is -2.25. The van der Waals surface area contributed by atoms with Crippen LogP contribution in [0.25, 0.3) is 12.2 Å². The summed E-state index contributed by atoms with van der Waals surface area (Å²) in [5, 5.41) is 18.8. The van der Waals surface area contributed by atoms with E-state index in [0.717, 1.165) is 24.2 Å². The van der Waals surface area contributed by atoms with E-state index in [2.05, 4.69) is 42.2 Å². The number of benzene rings is 2. The van der Waals surface area contributed by atoms with Crippen LogP contribution < -0.4 is 4.90 Å². The first kappa shape index (κ1) is 19.5. The number of nitrogens with zero attached hydrogens (tertiary/aromatic N) is 1. The zero-order valence-electron chi connectivity index (χ0n) is 16.0. The van der Waals surface area contributed by atoms with E-state index in [1.807, 2.05) is 24.3 Å². The molecule has 0 fully saturated rings. The van der Waals surface area contributed by atoms with E-state index in [-0.39, 0.29) is 11.3 Å². The van der Waals surface area contributed by atoms with Crippen LogP contribution in [0.4, 0.5) is 5.69 Å². The monoisotopic (exact) mass is 375 g/mol. The molecule has 2 N–H and O–H groups in total. The van der Waals surface area contributed by atoms with Gasteiger partial charge in [0, 0.05) is 17.9 Å². The molecule has 0 radical (unpaired) electrons. The van der Waals surface area contributed by atoms with Crippen molar-refractivity contribution >= 4 is 23.8 Å². The summed E-state index contributed by atoms with van der Waals surface area (Å²) in [5.74, 6) is -1.36. The number of unbranched alkanes of at least 4 members (excludes halogenated alkanes) is 2. The highest BCUT2D eigenvalue weighted by atomic mass is 16.4. The Morgan fingerprint density at radius 1 is 1.11 bits per heavy atom. The normalized spacial score (nSPS) is 14.6. The summed E-state index contributed by atoms with van der Waals surface area (Å²) in [7, 11) is 0.